The molecule has 110 valence electrons. The molecule has 1 fully saturated rings. The number of rotatable bonds is 2. The largest absolute Gasteiger partial charge is 0.383 e. The number of hydrogen-bond donors (Lipinski definition) is 1. The molecule has 6 heteroatoms. The number of nitrogens with zero attached hydrogens (tertiary/aromatic N) is 3. The third kappa shape index (κ3) is 3.30. The van der Waals surface area contributed by atoms with Gasteiger partial charge in [0.1, 0.15) is 5.82 Å². The summed E-state index contributed by atoms with van der Waals surface area (Å²) in [5.41, 5.74) is 6.35. The van der Waals surface area contributed by atoms with Crippen LogP contribution in [0, 0.1) is 0 Å². The summed E-state index contributed by atoms with van der Waals surface area (Å²) in [5.74, 6) is 0.282. The lowest BCUT2D eigenvalue weighted by Gasteiger charge is -2.30. The number of anilines is 1. The van der Waals surface area contributed by atoms with E-state index in [4.69, 9.17) is 5.73 Å². The minimum atomic E-state index is -0.0153. The number of carbonyl (C=O) groups is 1. The fourth-order valence-electron chi connectivity index (χ4n) is 2.64. The molecule has 2 N–H and O–H groups in total. The molecule has 1 amide bonds. The van der Waals surface area contributed by atoms with Gasteiger partial charge in [0, 0.05) is 29.8 Å². The Bertz CT molecular complexity index is 494. The second kappa shape index (κ2) is 6.54. The van der Waals surface area contributed by atoms with Crippen LogP contribution in [0.4, 0.5) is 5.82 Å². The SMILES string of the molecule is CCC1CN(C)CCCN1C(=O)c1cc(Br)cnc1N. The summed E-state index contributed by atoms with van der Waals surface area (Å²) >= 11 is 3.35. The Balaban J connectivity index is 2.27. The molecule has 1 aliphatic heterocycles. The van der Waals surface area contributed by atoms with Gasteiger partial charge in [-0.2, -0.15) is 0 Å². The predicted octanol–water partition coefficient (Wildman–Crippen LogP) is 1.98. The van der Waals surface area contributed by atoms with Crippen LogP contribution >= 0.6 is 15.9 Å². The van der Waals surface area contributed by atoms with E-state index in [0.717, 1.165) is 36.9 Å². The van der Waals surface area contributed by atoms with Crippen molar-refractivity contribution in [2.75, 3.05) is 32.4 Å². The van der Waals surface area contributed by atoms with E-state index in [-0.39, 0.29) is 11.9 Å². The van der Waals surface area contributed by atoms with Gasteiger partial charge >= 0.3 is 0 Å². The van der Waals surface area contributed by atoms with E-state index in [1.807, 2.05) is 4.90 Å². The Hall–Kier alpha value is -1.14. The Morgan fingerprint density at radius 3 is 3.00 bits per heavy atom. The van der Waals surface area contributed by atoms with Crippen LogP contribution in [-0.2, 0) is 0 Å². The van der Waals surface area contributed by atoms with Gasteiger partial charge in [-0.25, -0.2) is 4.98 Å². The van der Waals surface area contributed by atoms with Crippen LogP contribution in [0.3, 0.4) is 0 Å². The number of nitrogen functional groups attached to an aromatic ring is 1. The molecular weight excluding hydrogens is 320 g/mol. The maximum atomic E-state index is 12.8. The molecule has 5 nitrogen and oxygen atoms in total. The zero-order valence-corrected chi connectivity index (χ0v) is 13.6. The third-order valence-corrected chi connectivity index (χ3v) is 4.18. The molecule has 1 atom stereocenters. The van der Waals surface area contributed by atoms with Crippen molar-refractivity contribution in [1.82, 2.24) is 14.8 Å². The van der Waals surface area contributed by atoms with Crippen LogP contribution in [0.5, 0.6) is 0 Å². The lowest BCUT2D eigenvalue weighted by Crippen LogP contribution is -2.43. The number of hydrogen-bond acceptors (Lipinski definition) is 4. The molecule has 20 heavy (non-hydrogen) atoms. The monoisotopic (exact) mass is 340 g/mol. The van der Waals surface area contributed by atoms with Crippen molar-refractivity contribution in [3.05, 3.63) is 22.3 Å². The molecule has 1 aromatic heterocycles. The third-order valence-electron chi connectivity index (χ3n) is 3.75. The topological polar surface area (TPSA) is 62.5 Å². The van der Waals surface area contributed by atoms with Crippen LogP contribution in [-0.4, -0.2) is 53.4 Å². The molecule has 1 unspecified atom stereocenters. The molecule has 2 heterocycles. The van der Waals surface area contributed by atoms with E-state index >= 15 is 0 Å². The minimum Gasteiger partial charge on any atom is -0.383 e. The molecule has 2 rings (SSSR count). The average molecular weight is 341 g/mol. The molecule has 0 bridgehead atoms. The van der Waals surface area contributed by atoms with Gasteiger partial charge in [0.05, 0.1) is 5.56 Å². The summed E-state index contributed by atoms with van der Waals surface area (Å²) in [7, 11) is 2.10. The highest BCUT2D eigenvalue weighted by Gasteiger charge is 2.28. The summed E-state index contributed by atoms with van der Waals surface area (Å²) < 4.78 is 0.773. The summed E-state index contributed by atoms with van der Waals surface area (Å²) in [6, 6.07) is 1.99. The predicted molar refractivity (Wildman–Crippen MR) is 83.6 cm³/mol. The second-order valence-electron chi connectivity index (χ2n) is 5.26. The van der Waals surface area contributed by atoms with Crippen molar-refractivity contribution in [3.63, 3.8) is 0 Å². The van der Waals surface area contributed by atoms with Crippen LogP contribution in [0.15, 0.2) is 16.7 Å². The summed E-state index contributed by atoms with van der Waals surface area (Å²) in [6.07, 6.45) is 3.54. The van der Waals surface area contributed by atoms with Crippen molar-refractivity contribution in [2.24, 2.45) is 0 Å². The normalized spacial score (nSPS) is 20.8. The van der Waals surface area contributed by atoms with Crippen molar-refractivity contribution >= 4 is 27.7 Å². The van der Waals surface area contributed by atoms with Gasteiger partial charge in [-0.05, 0) is 48.4 Å². The van der Waals surface area contributed by atoms with Crippen LogP contribution in [0.2, 0.25) is 0 Å². The maximum absolute atomic E-state index is 12.8. The molecular formula is C14H21BrN4O. The van der Waals surface area contributed by atoms with Gasteiger partial charge in [-0.1, -0.05) is 6.92 Å². The van der Waals surface area contributed by atoms with E-state index in [1.165, 1.54) is 0 Å². The number of likely N-dealkylation sites (N-methyl/N-ethyl adjacent to an activating group) is 1. The first-order valence-electron chi connectivity index (χ1n) is 6.93. The standard InChI is InChI=1S/C14H21BrN4O/c1-3-11-9-18(2)5-4-6-19(11)14(20)12-7-10(15)8-17-13(12)16/h7-8,11H,3-6,9H2,1-2H3,(H2,16,17). The zero-order chi connectivity index (χ0) is 14.7. The van der Waals surface area contributed by atoms with E-state index in [2.05, 4.69) is 39.8 Å². The van der Waals surface area contributed by atoms with Crippen molar-refractivity contribution in [3.8, 4) is 0 Å². The first-order chi connectivity index (χ1) is 9.52. The highest BCUT2D eigenvalue weighted by Crippen LogP contribution is 2.21. The molecule has 1 saturated heterocycles. The zero-order valence-electron chi connectivity index (χ0n) is 12.0. The fourth-order valence-corrected chi connectivity index (χ4v) is 2.97. The van der Waals surface area contributed by atoms with Gasteiger partial charge in [-0.3, -0.25) is 4.79 Å². The number of pyridine rings is 1. The quantitative estimate of drug-likeness (QED) is 0.894. The van der Waals surface area contributed by atoms with Gasteiger partial charge in [0.2, 0.25) is 0 Å². The molecule has 0 aromatic carbocycles. The van der Waals surface area contributed by atoms with Gasteiger partial charge < -0.3 is 15.5 Å². The number of carbonyl (C=O) groups excluding carboxylic acids is 1. The molecule has 1 aliphatic rings. The maximum Gasteiger partial charge on any atom is 0.257 e. The van der Waals surface area contributed by atoms with Gasteiger partial charge in [-0.15, -0.1) is 0 Å². The van der Waals surface area contributed by atoms with E-state index in [1.54, 1.807) is 12.3 Å². The van der Waals surface area contributed by atoms with E-state index in [0.29, 0.717) is 11.4 Å². The Morgan fingerprint density at radius 1 is 1.55 bits per heavy atom. The number of nitrogens with two attached hydrogens (primary N) is 1. The number of halogens is 1. The van der Waals surface area contributed by atoms with Crippen molar-refractivity contribution in [1.29, 1.82) is 0 Å². The summed E-state index contributed by atoms with van der Waals surface area (Å²) in [5, 5.41) is 0. The average Bonchev–Trinajstić information content (AvgIpc) is 2.62. The molecule has 0 radical (unpaired) electrons. The molecule has 0 spiro atoms. The molecule has 1 aromatic rings. The lowest BCUT2D eigenvalue weighted by atomic mass is 10.1. The highest BCUT2D eigenvalue weighted by molar-refractivity contribution is 9.10. The number of aromatic nitrogens is 1. The fraction of sp³-hybridized carbons (Fsp3) is 0.571. The summed E-state index contributed by atoms with van der Waals surface area (Å²) in [4.78, 5) is 21.1. The highest BCUT2D eigenvalue weighted by atomic mass is 79.9. The van der Waals surface area contributed by atoms with Crippen LogP contribution < -0.4 is 5.73 Å². The molecule has 0 saturated carbocycles. The second-order valence-corrected chi connectivity index (χ2v) is 6.18. The van der Waals surface area contributed by atoms with Crippen molar-refractivity contribution in [2.45, 2.75) is 25.8 Å². The molecule has 0 aliphatic carbocycles. The first-order valence-corrected chi connectivity index (χ1v) is 7.72. The smallest absolute Gasteiger partial charge is 0.257 e. The Kier molecular flexibility index (Phi) is 4.99. The van der Waals surface area contributed by atoms with Crippen LogP contribution in [0.1, 0.15) is 30.1 Å². The lowest BCUT2D eigenvalue weighted by molar-refractivity contribution is 0.0676. The summed E-state index contributed by atoms with van der Waals surface area (Å²) in [6.45, 7) is 4.82. The number of amides is 1. The first kappa shape index (κ1) is 15.3. The Labute approximate surface area is 128 Å². The Morgan fingerprint density at radius 2 is 2.30 bits per heavy atom. The van der Waals surface area contributed by atoms with Gasteiger partial charge in [0.15, 0.2) is 0 Å². The van der Waals surface area contributed by atoms with Crippen LogP contribution in [0.25, 0.3) is 0 Å². The van der Waals surface area contributed by atoms with E-state index in [9.17, 15) is 4.79 Å². The van der Waals surface area contributed by atoms with E-state index < -0.39 is 0 Å². The minimum absolute atomic E-state index is 0.0153. The van der Waals surface area contributed by atoms with Gasteiger partial charge in [0.25, 0.3) is 5.91 Å². The van der Waals surface area contributed by atoms with Crippen molar-refractivity contribution < 1.29 is 4.79 Å².